The zero-order valence-electron chi connectivity index (χ0n) is 11.9. The van der Waals surface area contributed by atoms with Gasteiger partial charge in [0, 0.05) is 0 Å². The highest BCUT2D eigenvalue weighted by atomic mass is 35.5. The molecule has 0 fully saturated rings. The van der Waals surface area contributed by atoms with Gasteiger partial charge in [0.15, 0.2) is 14.6 Å². The van der Waals surface area contributed by atoms with Crippen molar-refractivity contribution in [2.45, 2.75) is 65.0 Å². The highest BCUT2D eigenvalue weighted by Gasteiger charge is 2.26. The third kappa shape index (κ3) is 8.72. The zero-order chi connectivity index (χ0) is 14.2. The fraction of sp³-hybridized carbons (Fsp3) is 0.769. The molecule has 0 heterocycles. The highest BCUT2D eigenvalue weighted by molar-refractivity contribution is 6.71. The Morgan fingerprint density at radius 1 is 1.33 bits per heavy atom. The van der Waals surface area contributed by atoms with Crippen molar-refractivity contribution in [1.82, 2.24) is 0 Å². The average molecular weight is 293 g/mol. The molecular weight excluding hydrogens is 268 g/mol. The van der Waals surface area contributed by atoms with Crippen molar-refractivity contribution in [2.75, 3.05) is 0 Å². The SMILES string of the molecule is C=C(Cl)C(=O)OC(C)O[Si](C)(C)CCCCCC. The van der Waals surface area contributed by atoms with Crippen LogP contribution in [0.25, 0.3) is 0 Å². The quantitative estimate of drug-likeness (QED) is 0.207. The van der Waals surface area contributed by atoms with Gasteiger partial charge in [0.2, 0.25) is 0 Å². The maximum Gasteiger partial charge on any atom is 0.351 e. The normalized spacial score (nSPS) is 13.2. The third-order valence-electron chi connectivity index (χ3n) is 2.61. The van der Waals surface area contributed by atoms with Crippen LogP contribution in [0.4, 0.5) is 0 Å². The van der Waals surface area contributed by atoms with E-state index < -0.39 is 20.6 Å². The van der Waals surface area contributed by atoms with Gasteiger partial charge in [-0.15, -0.1) is 0 Å². The summed E-state index contributed by atoms with van der Waals surface area (Å²) >= 11 is 5.45. The Labute approximate surface area is 117 Å². The molecule has 0 aromatic heterocycles. The van der Waals surface area contributed by atoms with Crippen LogP contribution in [0, 0.1) is 0 Å². The standard InChI is InChI=1S/C13H25ClO3Si/c1-6-7-8-9-10-18(4,5)17-12(3)16-13(15)11(2)14/h12H,2,6-10H2,1,3-5H3. The van der Waals surface area contributed by atoms with Crippen molar-refractivity contribution in [1.29, 1.82) is 0 Å². The third-order valence-corrected chi connectivity index (χ3v) is 5.29. The minimum atomic E-state index is -1.77. The van der Waals surface area contributed by atoms with Crippen LogP contribution in [-0.2, 0) is 14.0 Å². The van der Waals surface area contributed by atoms with Crippen LogP contribution < -0.4 is 0 Å². The summed E-state index contributed by atoms with van der Waals surface area (Å²) in [6, 6.07) is 1.08. The first-order valence-corrected chi connectivity index (χ1v) is 10.0. The van der Waals surface area contributed by atoms with Gasteiger partial charge in [-0.25, -0.2) is 4.79 Å². The van der Waals surface area contributed by atoms with Crippen molar-refractivity contribution in [3.05, 3.63) is 11.6 Å². The predicted molar refractivity (Wildman–Crippen MR) is 78.1 cm³/mol. The second-order valence-corrected chi connectivity index (χ2v) is 9.78. The Balaban J connectivity index is 3.98. The molecule has 1 unspecified atom stereocenters. The van der Waals surface area contributed by atoms with Crippen LogP contribution >= 0.6 is 11.6 Å². The van der Waals surface area contributed by atoms with Gasteiger partial charge in [0.05, 0.1) is 0 Å². The van der Waals surface area contributed by atoms with Gasteiger partial charge in [0.25, 0.3) is 0 Å². The number of carbonyl (C=O) groups excluding carboxylic acids is 1. The molecule has 0 radical (unpaired) electrons. The van der Waals surface area contributed by atoms with Crippen molar-refractivity contribution >= 4 is 25.9 Å². The monoisotopic (exact) mass is 292 g/mol. The maximum atomic E-state index is 11.2. The number of unbranched alkanes of at least 4 members (excludes halogenated alkanes) is 3. The van der Waals surface area contributed by atoms with E-state index in [0.29, 0.717) is 0 Å². The summed E-state index contributed by atoms with van der Waals surface area (Å²) in [5.41, 5.74) is 0. The van der Waals surface area contributed by atoms with Crippen molar-refractivity contribution in [3.63, 3.8) is 0 Å². The first kappa shape index (κ1) is 17.7. The Morgan fingerprint density at radius 3 is 2.44 bits per heavy atom. The molecule has 0 aromatic rings. The number of ether oxygens (including phenoxy) is 1. The lowest BCUT2D eigenvalue weighted by atomic mass is 10.2. The Kier molecular flexibility index (Phi) is 8.57. The van der Waals surface area contributed by atoms with Crippen molar-refractivity contribution in [2.24, 2.45) is 0 Å². The Bertz CT molecular complexity index is 279. The van der Waals surface area contributed by atoms with Crippen LogP contribution in [0.1, 0.15) is 39.5 Å². The number of hydrogen-bond donors (Lipinski definition) is 0. The summed E-state index contributed by atoms with van der Waals surface area (Å²) < 4.78 is 10.9. The van der Waals surface area contributed by atoms with Crippen LogP contribution in [0.2, 0.25) is 19.1 Å². The van der Waals surface area contributed by atoms with E-state index in [2.05, 4.69) is 26.6 Å². The van der Waals surface area contributed by atoms with E-state index >= 15 is 0 Å². The van der Waals surface area contributed by atoms with Gasteiger partial charge in [-0.1, -0.05) is 50.8 Å². The number of rotatable bonds is 9. The lowest BCUT2D eigenvalue weighted by molar-refractivity contribution is -0.156. The number of esters is 1. The van der Waals surface area contributed by atoms with Crippen molar-refractivity contribution < 1.29 is 14.0 Å². The predicted octanol–water partition coefficient (Wildman–Crippen LogP) is 4.43. The molecule has 5 heteroatoms. The Hall–Kier alpha value is -0.323. The van der Waals surface area contributed by atoms with Gasteiger partial charge in [0.1, 0.15) is 5.03 Å². The van der Waals surface area contributed by atoms with E-state index in [1.165, 1.54) is 25.7 Å². The van der Waals surface area contributed by atoms with E-state index in [0.717, 1.165) is 6.04 Å². The fourth-order valence-electron chi connectivity index (χ4n) is 1.72. The summed E-state index contributed by atoms with van der Waals surface area (Å²) in [6.07, 6.45) is 4.36. The summed E-state index contributed by atoms with van der Waals surface area (Å²) in [4.78, 5) is 11.2. The molecule has 0 aliphatic carbocycles. The fourth-order valence-corrected chi connectivity index (χ4v) is 3.93. The van der Waals surface area contributed by atoms with Gasteiger partial charge < -0.3 is 9.16 Å². The van der Waals surface area contributed by atoms with E-state index in [4.69, 9.17) is 20.8 Å². The molecule has 0 bridgehead atoms. The van der Waals surface area contributed by atoms with Crippen LogP contribution in [0.5, 0.6) is 0 Å². The molecule has 0 spiro atoms. The highest BCUT2D eigenvalue weighted by Crippen LogP contribution is 2.19. The molecule has 0 saturated heterocycles. The molecule has 0 aliphatic heterocycles. The zero-order valence-corrected chi connectivity index (χ0v) is 13.7. The summed E-state index contributed by atoms with van der Waals surface area (Å²) in [5, 5.41) is -0.118. The second kappa shape index (κ2) is 8.72. The molecule has 0 saturated carbocycles. The molecule has 0 amide bonds. The number of hydrogen-bond acceptors (Lipinski definition) is 3. The minimum Gasteiger partial charge on any atom is -0.433 e. The minimum absolute atomic E-state index is 0.118. The molecule has 0 aromatic carbocycles. The first-order chi connectivity index (χ1) is 8.28. The molecule has 1 atom stereocenters. The van der Waals surface area contributed by atoms with E-state index in [-0.39, 0.29) is 5.03 Å². The molecule has 0 rings (SSSR count). The number of halogens is 1. The van der Waals surface area contributed by atoms with Gasteiger partial charge in [-0.2, -0.15) is 0 Å². The van der Waals surface area contributed by atoms with E-state index in [9.17, 15) is 4.79 Å². The first-order valence-electron chi connectivity index (χ1n) is 6.51. The maximum absolute atomic E-state index is 11.2. The smallest absolute Gasteiger partial charge is 0.351 e. The number of carbonyl (C=O) groups is 1. The largest absolute Gasteiger partial charge is 0.433 e. The lowest BCUT2D eigenvalue weighted by Gasteiger charge is -2.27. The molecule has 106 valence electrons. The molecular formula is C13H25ClO3Si. The average Bonchev–Trinajstić information content (AvgIpc) is 2.23. The molecule has 3 nitrogen and oxygen atoms in total. The summed E-state index contributed by atoms with van der Waals surface area (Å²) in [6.45, 7) is 11.5. The molecule has 0 N–H and O–H groups in total. The molecule has 0 aliphatic rings. The topological polar surface area (TPSA) is 35.5 Å². The summed E-state index contributed by atoms with van der Waals surface area (Å²) in [5.74, 6) is -0.611. The van der Waals surface area contributed by atoms with Crippen LogP contribution in [-0.4, -0.2) is 20.6 Å². The second-order valence-electron chi connectivity index (χ2n) is 5.07. The summed E-state index contributed by atoms with van der Waals surface area (Å²) in [7, 11) is -1.77. The van der Waals surface area contributed by atoms with Crippen LogP contribution in [0.3, 0.4) is 0 Å². The lowest BCUT2D eigenvalue weighted by Crippen LogP contribution is -2.36. The van der Waals surface area contributed by atoms with Crippen molar-refractivity contribution in [3.8, 4) is 0 Å². The molecule has 18 heavy (non-hydrogen) atoms. The van der Waals surface area contributed by atoms with E-state index in [1.807, 2.05) is 0 Å². The van der Waals surface area contributed by atoms with Gasteiger partial charge in [-0.05, 0) is 26.1 Å². The Morgan fingerprint density at radius 2 is 1.94 bits per heavy atom. The van der Waals surface area contributed by atoms with E-state index in [1.54, 1.807) is 6.92 Å². The van der Waals surface area contributed by atoms with Gasteiger partial charge >= 0.3 is 5.97 Å². The van der Waals surface area contributed by atoms with Gasteiger partial charge in [-0.3, -0.25) is 0 Å². The van der Waals surface area contributed by atoms with Crippen LogP contribution in [0.15, 0.2) is 11.6 Å².